The number of pyridine rings is 1. The number of hydrogen-bond acceptors (Lipinski definition) is 4. The predicted octanol–water partition coefficient (Wildman–Crippen LogP) is 1.13. The predicted molar refractivity (Wildman–Crippen MR) is 49.9 cm³/mol. The summed E-state index contributed by atoms with van der Waals surface area (Å²) in [5.41, 5.74) is -0.795. The van der Waals surface area contributed by atoms with E-state index in [2.05, 4.69) is 20.9 Å². The Hall–Kier alpha value is -0.800. The SMILES string of the molecule is NS(=O)(=O)c1c(O)cnc(C(F)F)c1Br. The molecule has 84 valence electrons. The summed E-state index contributed by atoms with van der Waals surface area (Å²) >= 11 is 2.61. The van der Waals surface area contributed by atoms with Gasteiger partial charge in [0.1, 0.15) is 10.6 Å². The van der Waals surface area contributed by atoms with Gasteiger partial charge < -0.3 is 5.11 Å². The van der Waals surface area contributed by atoms with Crippen molar-refractivity contribution < 1.29 is 22.3 Å². The van der Waals surface area contributed by atoms with E-state index < -0.39 is 37.3 Å². The van der Waals surface area contributed by atoms with Gasteiger partial charge >= 0.3 is 0 Å². The molecule has 1 aromatic heterocycles. The van der Waals surface area contributed by atoms with Crippen molar-refractivity contribution in [2.45, 2.75) is 11.3 Å². The molecule has 0 aliphatic rings. The van der Waals surface area contributed by atoms with Gasteiger partial charge in [0.2, 0.25) is 10.0 Å². The lowest BCUT2D eigenvalue weighted by molar-refractivity contribution is 0.144. The highest BCUT2D eigenvalue weighted by atomic mass is 79.9. The fraction of sp³-hybridized carbons (Fsp3) is 0.167. The first kappa shape index (κ1) is 12.3. The fourth-order valence-corrected chi connectivity index (χ4v) is 2.75. The van der Waals surface area contributed by atoms with E-state index in [1.807, 2.05) is 0 Å². The zero-order valence-corrected chi connectivity index (χ0v) is 9.39. The van der Waals surface area contributed by atoms with Crippen molar-refractivity contribution in [3.63, 3.8) is 0 Å². The van der Waals surface area contributed by atoms with Crippen molar-refractivity contribution in [1.29, 1.82) is 0 Å². The van der Waals surface area contributed by atoms with Crippen LogP contribution in [0.2, 0.25) is 0 Å². The van der Waals surface area contributed by atoms with Gasteiger partial charge in [-0.05, 0) is 15.9 Å². The molecular formula is C6H5BrF2N2O3S. The average Bonchev–Trinajstić information content (AvgIpc) is 2.00. The smallest absolute Gasteiger partial charge is 0.281 e. The Balaban J connectivity index is 3.59. The molecule has 0 saturated carbocycles. The molecule has 0 spiro atoms. The van der Waals surface area contributed by atoms with Crippen LogP contribution in [0.1, 0.15) is 12.1 Å². The molecule has 0 bridgehead atoms. The summed E-state index contributed by atoms with van der Waals surface area (Å²) < 4.78 is 46.0. The maximum Gasteiger partial charge on any atom is 0.281 e. The summed E-state index contributed by atoms with van der Waals surface area (Å²) in [7, 11) is -4.29. The quantitative estimate of drug-likeness (QED) is 0.856. The Kier molecular flexibility index (Phi) is 3.26. The second-order valence-corrected chi connectivity index (χ2v) is 4.81. The number of aromatic nitrogens is 1. The number of nitrogens with two attached hydrogens (primary N) is 1. The van der Waals surface area contributed by atoms with Crippen LogP contribution in [0.4, 0.5) is 8.78 Å². The first-order valence-electron chi connectivity index (χ1n) is 3.43. The third kappa shape index (κ3) is 2.41. The van der Waals surface area contributed by atoms with Gasteiger partial charge in [-0.15, -0.1) is 0 Å². The zero-order chi connectivity index (χ0) is 11.8. The lowest BCUT2D eigenvalue weighted by Crippen LogP contribution is -2.14. The molecular weight excluding hydrogens is 298 g/mol. The van der Waals surface area contributed by atoms with Gasteiger partial charge in [-0.25, -0.2) is 22.3 Å². The van der Waals surface area contributed by atoms with Crippen LogP contribution >= 0.6 is 15.9 Å². The van der Waals surface area contributed by atoms with Crippen molar-refractivity contribution in [3.05, 3.63) is 16.4 Å². The van der Waals surface area contributed by atoms with Crippen molar-refractivity contribution >= 4 is 26.0 Å². The van der Waals surface area contributed by atoms with Crippen LogP contribution in [0.15, 0.2) is 15.6 Å². The van der Waals surface area contributed by atoms with Gasteiger partial charge in [-0.1, -0.05) is 0 Å². The highest BCUT2D eigenvalue weighted by Gasteiger charge is 2.25. The second-order valence-electron chi connectivity index (χ2n) is 2.52. The van der Waals surface area contributed by atoms with Gasteiger partial charge in [0.05, 0.1) is 10.7 Å². The minimum atomic E-state index is -4.29. The molecule has 1 heterocycles. The second kappa shape index (κ2) is 3.99. The largest absolute Gasteiger partial charge is 0.505 e. The van der Waals surface area contributed by atoms with E-state index >= 15 is 0 Å². The Morgan fingerprint density at radius 1 is 1.53 bits per heavy atom. The monoisotopic (exact) mass is 302 g/mol. The first-order chi connectivity index (χ1) is 6.75. The number of sulfonamides is 1. The van der Waals surface area contributed by atoms with E-state index in [1.54, 1.807) is 0 Å². The molecule has 1 aromatic rings. The van der Waals surface area contributed by atoms with Crippen LogP contribution in [0, 0.1) is 0 Å². The Morgan fingerprint density at radius 3 is 2.47 bits per heavy atom. The maximum atomic E-state index is 12.3. The normalized spacial score (nSPS) is 12.1. The number of alkyl halides is 2. The van der Waals surface area contributed by atoms with Crippen molar-refractivity contribution in [1.82, 2.24) is 4.98 Å². The van der Waals surface area contributed by atoms with Gasteiger partial charge in [-0.2, -0.15) is 0 Å². The molecule has 0 aliphatic carbocycles. The number of rotatable bonds is 2. The summed E-state index contributed by atoms with van der Waals surface area (Å²) in [4.78, 5) is 2.39. The number of halogens is 3. The summed E-state index contributed by atoms with van der Waals surface area (Å²) in [5, 5.41) is 13.9. The van der Waals surface area contributed by atoms with Crippen LogP contribution in [0.5, 0.6) is 5.75 Å². The van der Waals surface area contributed by atoms with Crippen LogP contribution < -0.4 is 5.14 Å². The third-order valence-corrected chi connectivity index (χ3v) is 3.52. The van der Waals surface area contributed by atoms with Gasteiger partial charge in [0.25, 0.3) is 6.43 Å². The summed E-state index contributed by atoms with van der Waals surface area (Å²) in [5.74, 6) is -0.784. The highest BCUT2D eigenvalue weighted by molar-refractivity contribution is 9.10. The summed E-state index contributed by atoms with van der Waals surface area (Å²) in [6, 6.07) is 0. The number of hydrogen-bond donors (Lipinski definition) is 2. The van der Waals surface area contributed by atoms with Crippen molar-refractivity contribution in [3.8, 4) is 5.75 Å². The van der Waals surface area contributed by atoms with E-state index in [-0.39, 0.29) is 0 Å². The van der Waals surface area contributed by atoms with Crippen LogP contribution in [0.3, 0.4) is 0 Å². The van der Waals surface area contributed by atoms with Crippen LogP contribution in [0.25, 0.3) is 0 Å². The van der Waals surface area contributed by atoms with Crippen molar-refractivity contribution in [2.24, 2.45) is 5.14 Å². The molecule has 5 nitrogen and oxygen atoms in total. The lowest BCUT2D eigenvalue weighted by Gasteiger charge is -2.08. The van der Waals surface area contributed by atoms with E-state index in [9.17, 15) is 17.2 Å². The van der Waals surface area contributed by atoms with E-state index in [0.717, 1.165) is 0 Å². The van der Waals surface area contributed by atoms with Gasteiger partial charge in [0, 0.05) is 0 Å². The lowest BCUT2D eigenvalue weighted by atomic mass is 10.3. The van der Waals surface area contributed by atoms with E-state index in [4.69, 9.17) is 10.2 Å². The molecule has 0 radical (unpaired) electrons. The molecule has 0 aromatic carbocycles. The highest BCUT2D eigenvalue weighted by Crippen LogP contribution is 2.35. The molecule has 0 amide bonds. The standard InChI is InChI=1S/C6H5BrF2N2O3S/c7-3-4(6(8)9)11-1-2(12)5(3)15(10,13)14/h1,6,12H,(H2,10,13,14). The Bertz CT molecular complexity index is 491. The Morgan fingerprint density at radius 2 is 2.07 bits per heavy atom. The van der Waals surface area contributed by atoms with Crippen molar-refractivity contribution in [2.75, 3.05) is 0 Å². The van der Waals surface area contributed by atoms with Gasteiger partial charge in [0.15, 0.2) is 5.75 Å². The molecule has 9 heteroatoms. The molecule has 0 saturated heterocycles. The minimum Gasteiger partial charge on any atom is -0.505 e. The summed E-state index contributed by atoms with van der Waals surface area (Å²) in [6.07, 6.45) is -2.37. The topological polar surface area (TPSA) is 93.3 Å². The fourth-order valence-electron chi connectivity index (χ4n) is 0.898. The van der Waals surface area contributed by atoms with Crippen LogP contribution in [-0.2, 0) is 10.0 Å². The maximum absolute atomic E-state index is 12.3. The molecule has 15 heavy (non-hydrogen) atoms. The molecule has 0 unspecified atom stereocenters. The average molecular weight is 303 g/mol. The minimum absolute atomic E-state index is 0.528. The number of nitrogens with zero attached hydrogens (tertiary/aromatic N) is 1. The van der Waals surface area contributed by atoms with E-state index in [1.165, 1.54) is 0 Å². The van der Waals surface area contributed by atoms with E-state index in [0.29, 0.717) is 6.20 Å². The zero-order valence-electron chi connectivity index (χ0n) is 6.99. The third-order valence-electron chi connectivity index (χ3n) is 1.47. The Labute approximate surface area is 92.1 Å². The van der Waals surface area contributed by atoms with Crippen LogP contribution in [-0.4, -0.2) is 18.5 Å². The molecule has 0 fully saturated rings. The summed E-state index contributed by atoms with van der Waals surface area (Å²) in [6.45, 7) is 0. The molecule has 1 rings (SSSR count). The van der Waals surface area contributed by atoms with Gasteiger partial charge in [-0.3, -0.25) is 4.98 Å². The molecule has 0 aliphatic heterocycles. The molecule has 0 atom stereocenters. The first-order valence-corrected chi connectivity index (χ1v) is 5.77. The molecule has 3 N–H and O–H groups in total. The number of aromatic hydroxyl groups is 1. The number of primary sulfonamides is 1.